The molecule has 1 aliphatic rings. The summed E-state index contributed by atoms with van der Waals surface area (Å²) >= 11 is 0. The van der Waals surface area contributed by atoms with Crippen molar-refractivity contribution in [1.29, 1.82) is 0 Å². The number of aryl methyl sites for hydroxylation is 1. The van der Waals surface area contributed by atoms with Gasteiger partial charge in [0.15, 0.2) is 17.3 Å². The molecule has 39 heavy (non-hydrogen) atoms. The van der Waals surface area contributed by atoms with Crippen LogP contribution in [0.5, 0.6) is 11.5 Å². The number of phenols is 1. The number of pyridine rings is 1. The molecule has 2 aromatic heterocycles. The Morgan fingerprint density at radius 2 is 1.79 bits per heavy atom. The Bertz CT molecular complexity index is 1690. The SMILES string of the molecule is CCCCc1nc2c(N)nc3cc(CN4C(=O)C=CC4=O)ccc3c2n1Cc1cccc(OP(=O)(O)O)c1O. The summed E-state index contributed by atoms with van der Waals surface area (Å²) in [4.78, 5) is 52.9. The van der Waals surface area contributed by atoms with Crippen LogP contribution in [0.25, 0.3) is 21.9 Å². The first-order valence-electron chi connectivity index (χ1n) is 12.2. The van der Waals surface area contributed by atoms with Crippen molar-refractivity contribution in [2.45, 2.75) is 39.3 Å². The van der Waals surface area contributed by atoms with Crippen molar-refractivity contribution in [3.63, 3.8) is 0 Å². The number of fused-ring (bicyclic) bond motifs is 3. The smallest absolute Gasteiger partial charge is 0.504 e. The summed E-state index contributed by atoms with van der Waals surface area (Å²) in [5.74, 6) is -0.596. The zero-order valence-electron chi connectivity index (χ0n) is 20.9. The molecule has 202 valence electrons. The average molecular weight is 551 g/mol. The van der Waals surface area contributed by atoms with Crippen LogP contribution in [0.1, 0.15) is 36.7 Å². The van der Waals surface area contributed by atoms with Gasteiger partial charge in [0.25, 0.3) is 11.8 Å². The Kier molecular flexibility index (Phi) is 6.85. The molecular formula is C26H26N5O7P. The number of aromatic hydroxyl groups is 1. The number of phenolic OH excluding ortho intramolecular Hbond substituents is 1. The summed E-state index contributed by atoms with van der Waals surface area (Å²) < 4.78 is 17.9. The van der Waals surface area contributed by atoms with Gasteiger partial charge in [-0.25, -0.2) is 14.5 Å². The van der Waals surface area contributed by atoms with Gasteiger partial charge in [0.1, 0.15) is 11.3 Å². The van der Waals surface area contributed by atoms with E-state index < -0.39 is 13.6 Å². The van der Waals surface area contributed by atoms with E-state index in [1.54, 1.807) is 18.2 Å². The van der Waals surface area contributed by atoms with Gasteiger partial charge in [-0.3, -0.25) is 24.3 Å². The minimum Gasteiger partial charge on any atom is -0.504 e. The highest BCUT2D eigenvalue weighted by Gasteiger charge is 2.25. The van der Waals surface area contributed by atoms with E-state index in [0.29, 0.717) is 39.9 Å². The van der Waals surface area contributed by atoms with E-state index in [1.165, 1.54) is 24.3 Å². The highest BCUT2D eigenvalue weighted by molar-refractivity contribution is 7.46. The van der Waals surface area contributed by atoms with Crippen LogP contribution in [0.3, 0.4) is 0 Å². The highest BCUT2D eigenvalue weighted by atomic mass is 31.2. The lowest BCUT2D eigenvalue weighted by Gasteiger charge is -2.16. The van der Waals surface area contributed by atoms with Gasteiger partial charge in [-0.2, -0.15) is 0 Å². The van der Waals surface area contributed by atoms with Crippen LogP contribution in [0, 0.1) is 0 Å². The number of unbranched alkanes of at least 4 members (excludes halogenated alkanes) is 1. The molecule has 0 spiro atoms. The number of para-hydroxylation sites is 1. The normalized spacial score (nSPS) is 13.8. The maximum Gasteiger partial charge on any atom is 0.524 e. The van der Waals surface area contributed by atoms with Crippen LogP contribution < -0.4 is 10.3 Å². The van der Waals surface area contributed by atoms with E-state index in [0.717, 1.165) is 23.1 Å². The second-order valence-electron chi connectivity index (χ2n) is 9.21. The third kappa shape index (κ3) is 5.22. The molecule has 0 aliphatic carbocycles. The molecule has 12 nitrogen and oxygen atoms in total. The maximum atomic E-state index is 12.0. The first kappa shape index (κ1) is 26.4. The predicted octanol–water partition coefficient (Wildman–Crippen LogP) is 3.16. The van der Waals surface area contributed by atoms with Gasteiger partial charge in [-0.15, -0.1) is 0 Å². The topological polar surface area (TPSA) is 181 Å². The molecule has 0 bridgehead atoms. The summed E-state index contributed by atoms with van der Waals surface area (Å²) in [6.45, 7) is 2.25. The van der Waals surface area contributed by atoms with Crippen LogP contribution in [0.2, 0.25) is 0 Å². The van der Waals surface area contributed by atoms with E-state index in [2.05, 4.69) is 16.4 Å². The molecule has 0 saturated carbocycles. The van der Waals surface area contributed by atoms with Gasteiger partial charge in [0, 0.05) is 29.5 Å². The van der Waals surface area contributed by atoms with Crippen molar-refractivity contribution in [3.05, 3.63) is 65.5 Å². The molecular weight excluding hydrogens is 525 g/mol. The van der Waals surface area contributed by atoms with Gasteiger partial charge in [-0.1, -0.05) is 37.6 Å². The Morgan fingerprint density at radius 1 is 1.05 bits per heavy atom. The monoisotopic (exact) mass is 551 g/mol. The molecule has 4 aromatic rings. The van der Waals surface area contributed by atoms with E-state index in [9.17, 15) is 29.0 Å². The second-order valence-corrected chi connectivity index (χ2v) is 10.4. The Hall–Kier alpha value is -4.25. The number of amides is 2. The van der Waals surface area contributed by atoms with Crippen LogP contribution in [-0.2, 0) is 33.7 Å². The number of nitrogens with zero attached hydrogens (tertiary/aromatic N) is 4. The van der Waals surface area contributed by atoms with Crippen LogP contribution in [0.4, 0.5) is 5.82 Å². The number of phosphoric ester groups is 1. The lowest BCUT2D eigenvalue weighted by molar-refractivity contribution is -0.137. The number of nitrogens with two attached hydrogens (primary N) is 1. The highest BCUT2D eigenvalue weighted by Crippen LogP contribution is 2.43. The molecule has 1 aliphatic heterocycles. The molecule has 0 saturated heterocycles. The van der Waals surface area contributed by atoms with Gasteiger partial charge in [0.05, 0.1) is 24.1 Å². The fraction of sp³-hybridized carbons (Fsp3) is 0.231. The van der Waals surface area contributed by atoms with Crippen molar-refractivity contribution in [3.8, 4) is 11.5 Å². The van der Waals surface area contributed by atoms with E-state index >= 15 is 0 Å². The first-order valence-corrected chi connectivity index (χ1v) is 13.8. The Morgan fingerprint density at radius 3 is 2.49 bits per heavy atom. The molecule has 13 heteroatoms. The number of imide groups is 1. The van der Waals surface area contributed by atoms with Gasteiger partial charge in [0.2, 0.25) is 0 Å². The number of aromatic nitrogens is 3. The molecule has 3 heterocycles. The molecule has 0 fully saturated rings. The minimum atomic E-state index is -4.88. The maximum absolute atomic E-state index is 12.0. The number of carbonyl (C=O) groups excluding carboxylic acids is 2. The summed E-state index contributed by atoms with van der Waals surface area (Å²) in [5.41, 5.74) is 9.08. The summed E-state index contributed by atoms with van der Waals surface area (Å²) in [6, 6.07) is 9.81. The number of hydrogen-bond donors (Lipinski definition) is 4. The van der Waals surface area contributed by atoms with Crippen LogP contribution in [0.15, 0.2) is 48.6 Å². The van der Waals surface area contributed by atoms with Gasteiger partial charge >= 0.3 is 7.82 Å². The fourth-order valence-corrected chi connectivity index (χ4v) is 5.04. The summed E-state index contributed by atoms with van der Waals surface area (Å²) in [7, 11) is -4.88. The third-order valence-corrected chi connectivity index (χ3v) is 6.91. The van der Waals surface area contributed by atoms with E-state index in [4.69, 9.17) is 10.7 Å². The zero-order valence-corrected chi connectivity index (χ0v) is 21.8. The number of nitrogen functional groups attached to an aromatic ring is 1. The predicted molar refractivity (Wildman–Crippen MR) is 143 cm³/mol. The van der Waals surface area contributed by atoms with Crippen molar-refractivity contribution in [2.24, 2.45) is 0 Å². The van der Waals surface area contributed by atoms with Crippen molar-refractivity contribution in [2.75, 3.05) is 5.73 Å². The number of benzene rings is 2. The number of hydrogen-bond acceptors (Lipinski definition) is 8. The molecule has 2 aromatic carbocycles. The van der Waals surface area contributed by atoms with Crippen LogP contribution >= 0.6 is 7.82 Å². The average Bonchev–Trinajstić information content (AvgIpc) is 3.39. The summed E-state index contributed by atoms with van der Waals surface area (Å²) in [6.07, 6.45) is 4.85. The standard InChI is InChI=1S/C26H26N5O7P/c1-2-3-7-20-29-23-24(30(20)14-16-5-4-6-19(25(16)34)38-39(35,36)37)17-9-8-15(12-18(17)28-26(23)27)13-31-21(32)10-11-22(31)33/h4-6,8-12,34H,2-3,7,13-14H2,1H3,(H2,27,28)(H2,35,36,37). The Balaban J connectivity index is 1.62. The minimum absolute atomic E-state index is 0.0848. The first-order chi connectivity index (χ1) is 18.6. The molecule has 0 atom stereocenters. The number of imidazole rings is 1. The van der Waals surface area contributed by atoms with E-state index in [-0.39, 0.29) is 36.5 Å². The van der Waals surface area contributed by atoms with Crippen molar-refractivity contribution in [1.82, 2.24) is 19.4 Å². The third-order valence-electron chi connectivity index (χ3n) is 6.47. The number of phosphoric acid groups is 1. The molecule has 5 rings (SSSR count). The lowest BCUT2D eigenvalue weighted by Crippen LogP contribution is -2.29. The van der Waals surface area contributed by atoms with Gasteiger partial charge in [-0.05, 0) is 24.1 Å². The fourth-order valence-electron chi connectivity index (χ4n) is 4.63. The quantitative estimate of drug-likeness (QED) is 0.178. The van der Waals surface area contributed by atoms with Gasteiger partial charge < -0.3 is 19.9 Å². The van der Waals surface area contributed by atoms with Crippen molar-refractivity contribution < 1.29 is 33.6 Å². The molecule has 0 unspecified atom stereocenters. The zero-order chi connectivity index (χ0) is 27.9. The van der Waals surface area contributed by atoms with E-state index in [1.807, 2.05) is 10.6 Å². The molecule has 5 N–H and O–H groups in total. The Labute approximate surface area is 222 Å². The number of anilines is 1. The van der Waals surface area contributed by atoms with Crippen molar-refractivity contribution >= 4 is 47.4 Å². The van der Waals surface area contributed by atoms with Crippen LogP contribution in [-0.4, -0.2) is 46.1 Å². The molecule has 2 amide bonds. The lowest BCUT2D eigenvalue weighted by atomic mass is 10.1. The second kappa shape index (κ2) is 10.1. The largest absolute Gasteiger partial charge is 0.524 e. The summed E-state index contributed by atoms with van der Waals surface area (Å²) in [5, 5.41) is 11.5. The number of carbonyl (C=O) groups is 2. The molecule has 0 radical (unpaired) electrons. The number of rotatable bonds is 9.